The number of pyridine rings is 2. The average molecular weight is 425 g/mol. The van der Waals surface area contributed by atoms with E-state index in [0.717, 1.165) is 108 Å². The van der Waals surface area contributed by atoms with Crippen LogP contribution < -0.4 is 21.3 Å². The maximum atomic E-state index is 4.84. The fraction of sp³-hybridized carbons (Fsp3) is 0.565. The van der Waals surface area contributed by atoms with Crippen molar-refractivity contribution in [3.05, 3.63) is 47.8 Å². The van der Waals surface area contributed by atoms with Gasteiger partial charge in [-0.2, -0.15) is 0 Å². The molecule has 2 aromatic heterocycles. The quantitative estimate of drug-likeness (QED) is 0.503. The predicted octanol–water partition coefficient (Wildman–Crippen LogP) is 1.20. The predicted molar refractivity (Wildman–Crippen MR) is 126 cm³/mol. The Balaban J connectivity index is 1.50. The fourth-order valence-electron chi connectivity index (χ4n) is 4.05. The summed E-state index contributed by atoms with van der Waals surface area (Å²) in [6.45, 7) is 11.6. The molecular weight excluding hydrogens is 388 g/mol. The lowest BCUT2D eigenvalue weighted by atomic mass is 10.3. The van der Waals surface area contributed by atoms with Gasteiger partial charge in [-0.3, -0.25) is 9.80 Å². The highest BCUT2D eigenvalue weighted by atomic mass is 15.2. The smallest absolute Gasteiger partial charge is 0.126 e. The van der Waals surface area contributed by atoms with E-state index in [0.29, 0.717) is 0 Å². The van der Waals surface area contributed by atoms with Gasteiger partial charge in [0.15, 0.2) is 0 Å². The molecule has 0 unspecified atom stereocenters. The highest BCUT2D eigenvalue weighted by molar-refractivity contribution is 5.36. The monoisotopic (exact) mass is 424 g/mol. The molecule has 4 N–H and O–H groups in total. The Hall–Kier alpha value is -2.26. The Kier molecular flexibility index (Phi) is 8.46. The summed E-state index contributed by atoms with van der Waals surface area (Å²) in [4.78, 5) is 14.7. The van der Waals surface area contributed by atoms with Crippen LogP contribution in [0.5, 0.6) is 0 Å². The molecule has 2 aromatic rings. The molecule has 3 aliphatic heterocycles. The maximum absolute atomic E-state index is 4.84. The molecule has 0 aliphatic carbocycles. The lowest BCUT2D eigenvalue weighted by Crippen LogP contribution is -2.43. The zero-order valence-corrected chi connectivity index (χ0v) is 18.4. The third kappa shape index (κ3) is 7.43. The number of nitrogens with one attached hydrogen (secondary N) is 4. The number of aromatic nitrogens is 2. The zero-order chi connectivity index (χ0) is 21.1. The number of fused-ring (bicyclic) bond motifs is 12. The first-order chi connectivity index (χ1) is 15.3. The van der Waals surface area contributed by atoms with Crippen LogP contribution in [0.3, 0.4) is 0 Å². The van der Waals surface area contributed by atoms with Crippen LogP contribution in [0.15, 0.2) is 36.4 Å². The van der Waals surface area contributed by atoms with Crippen LogP contribution in [0.25, 0.3) is 0 Å². The summed E-state index contributed by atoms with van der Waals surface area (Å²) in [6.07, 6.45) is 1.01. The topological polar surface area (TPSA) is 80.4 Å². The summed E-state index contributed by atoms with van der Waals surface area (Å²) in [6, 6.07) is 12.6. The molecule has 0 atom stereocenters. The van der Waals surface area contributed by atoms with Crippen LogP contribution in [0, 0.1) is 0 Å². The number of nitrogens with zero attached hydrogens (tertiary/aromatic N) is 4. The van der Waals surface area contributed by atoms with Crippen molar-refractivity contribution in [1.29, 1.82) is 0 Å². The lowest BCUT2D eigenvalue weighted by Gasteiger charge is -2.26. The highest BCUT2D eigenvalue weighted by Crippen LogP contribution is 2.10. The van der Waals surface area contributed by atoms with Crippen molar-refractivity contribution in [3.8, 4) is 0 Å². The highest BCUT2D eigenvalue weighted by Gasteiger charge is 2.11. The molecule has 31 heavy (non-hydrogen) atoms. The number of hydrogen-bond acceptors (Lipinski definition) is 8. The van der Waals surface area contributed by atoms with Gasteiger partial charge in [-0.05, 0) is 30.7 Å². The summed E-state index contributed by atoms with van der Waals surface area (Å²) in [5.74, 6) is 1.91. The summed E-state index contributed by atoms with van der Waals surface area (Å²) >= 11 is 0. The van der Waals surface area contributed by atoms with E-state index in [1.165, 1.54) is 0 Å². The molecule has 3 aliphatic rings. The molecule has 0 saturated carbocycles. The van der Waals surface area contributed by atoms with Crippen LogP contribution in [-0.2, 0) is 13.1 Å². The van der Waals surface area contributed by atoms with E-state index in [2.05, 4.69) is 67.5 Å². The van der Waals surface area contributed by atoms with E-state index in [1.54, 1.807) is 0 Å². The molecule has 1 saturated heterocycles. The molecule has 5 heterocycles. The van der Waals surface area contributed by atoms with Crippen molar-refractivity contribution in [2.75, 3.05) is 76.1 Å². The zero-order valence-electron chi connectivity index (χ0n) is 18.4. The summed E-state index contributed by atoms with van der Waals surface area (Å²) in [5, 5.41) is 14.2. The number of rotatable bonds is 0. The Labute approximate surface area is 185 Å². The third-order valence-corrected chi connectivity index (χ3v) is 5.77. The maximum Gasteiger partial charge on any atom is 0.126 e. The second kappa shape index (κ2) is 12.0. The van der Waals surface area contributed by atoms with Crippen molar-refractivity contribution in [1.82, 2.24) is 30.4 Å². The molecule has 168 valence electrons. The first-order valence-corrected chi connectivity index (χ1v) is 11.6. The second-order valence-electron chi connectivity index (χ2n) is 8.29. The van der Waals surface area contributed by atoms with Crippen LogP contribution in [0.2, 0.25) is 0 Å². The van der Waals surface area contributed by atoms with Crippen molar-refractivity contribution < 1.29 is 0 Å². The van der Waals surface area contributed by atoms with Gasteiger partial charge < -0.3 is 21.3 Å². The van der Waals surface area contributed by atoms with Gasteiger partial charge in [0.2, 0.25) is 0 Å². The van der Waals surface area contributed by atoms with Gasteiger partial charge in [0.05, 0.1) is 11.4 Å². The molecule has 6 bridgehead atoms. The Morgan fingerprint density at radius 2 is 1.03 bits per heavy atom. The molecule has 0 radical (unpaired) electrons. The van der Waals surface area contributed by atoms with E-state index in [4.69, 9.17) is 9.97 Å². The third-order valence-electron chi connectivity index (χ3n) is 5.77. The molecule has 0 amide bonds. The van der Waals surface area contributed by atoms with E-state index in [9.17, 15) is 0 Å². The summed E-state index contributed by atoms with van der Waals surface area (Å²) < 4.78 is 0. The van der Waals surface area contributed by atoms with Crippen LogP contribution in [0.1, 0.15) is 17.8 Å². The summed E-state index contributed by atoms with van der Waals surface area (Å²) in [5.41, 5.74) is 2.24. The molecule has 0 spiro atoms. The largest absolute Gasteiger partial charge is 0.370 e. The Morgan fingerprint density at radius 3 is 1.48 bits per heavy atom. The Bertz CT molecular complexity index is 721. The minimum absolute atomic E-state index is 0.882. The van der Waals surface area contributed by atoms with Gasteiger partial charge in [-0.15, -0.1) is 0 Å². The van der Waals surface area contributed by atoms with Crippen molar-refractivity contribution in [2.24, 2.45) is 0 Å². The van der Waals surface area contributed by atoms with E-state index >= 15 is 0 Å². The summed E-state index contributed by atoms with van der Waals surface area (Å²) in [7, 11) is 0. The molecule has 0 aromatic carbocycles. The number of hydrogen-bond donors (Lipinski definition) is 4. The molecule has 5 rings (SSSR count). The molecule has 1 fully saturated rings. The first-order valence-electron chi connectivity index (χ1n) is 11.6. The SMILES string of the molecule is c1cc2nc(c1)NCCCNc1cccc(n1)CN1CCNCCN(CCNCC1)C2. The van der Waals surface area contributed by atoms with E-state index in [1.807, 2.05) is 0 Å². The van der Waals surface area contributed by atoms with Crippen molar-refractivity contribution in [3.63, 3.8) is 0 Å². The first kappa shape index (κ1) is 22.0. The normalized spacial score (nSPS) is 24.0. The molecular formula is C23H36N8. The van der Waals surface area contributed by atoms with Crippen molar-refractivity contribution in [2.45, 2.75) is 19.5 Å². The molecule has 8 heteroatoms. The van der Waals surface area contributed by atoms with Gasteiger partial charge in [0.1, 0.15) is 11.6 Å². The van der Waals surface area contributed by atoms with E-state index in [-0.39, 0.29) is 0 Å². The van der Waals surface area contributed by atoms with Gasteiger partial charge >= 0.3 is 0 Å². The standard InChI is InChI=1S/C23H36N8/c1-4-20-18-30-14-10-24-12-16-31(17-13-25-11-15-30)19-21-5-2-7-23(29-21)27-9-3-8-26-22(6-1)28-20/h1-2,4-7,24-25H,3,8-19H2,(H,26,28)(H,27,29). The minimum atomic E-state index is 0.882. The minimum Gasteiger partial charge on any atom is -0.370 e. The van der Waals surface area contributed by atoms with Gasteiger partial charge in [0.25, 0.3) is 0 Å². The van der Waals surface area contributed by atoms with Crippen LogP contribution in [0.4, 0.5) is 11.6 Å². The van der Waals surface area contributed by atoms with Gasteiger partial charge in [0, 0.05) is 78.5 Å². The fourth-order valence-corrected chi connectivity index (χ4v) is 4.05. The van der Waals surface area contributed by atoms with Crippen LogP contribution >= 0.6 is 0 Å². The van der Waals surface area contributed by atoms with Crippen molar-refractivity contribution >= 4 is 11.6 Å². The molecule has 8 nitrogen and oxygen atoms in total. The average Bonchev–Trinajstić information content (AvgIpc) is 2.77. The Morgan fingerprint density at radius 1 is 0.581 bits per heavy atom. The van der Waals surface area contributed by atoms with Gasteiger partial charge in [-0.25, -0.2) is 9.97 Å². The van der Waals surface area contributed by atoms with E-state index < -0.39 is 0 Å². The lowest BCUT2D eigenvalue weighted by molar-refractivity contribution is 0.231. The van der Waals surface area contributed by atoms with Gasteiger partial charge in [-0.1, -0.05) is 12.1 Å². The number of anilines is 2. The second-order valence-corrected chi connectivity index (χ2v) is 8.29. The van der Waals surface area contributed by atoms with Crippen LogP contribution in [-0.4, -0.2) is 85.2 Å².